The summed E-state index contributed by atoms with van der Waals surface area (Å²) in [6, 6.07) is 27.3. The van der Waals surface area contributed by atoms with Gasteiger partial charge in [-0.2, -0.15) is 0 Å². The monoisotopic (exact) mass is 387 g/mol. The zero-order chi connectivity index (χ0) is 20.1. The van der Waals surface area contributed by atoms with Crippen molar-refractivity contribution in [3.05, 3.63) is 107 Å². The molecule has 0 aliphatic heterocycles. The van der Waals surface area contributed by atoms with Gasteiger partial charge in [0.2, 0.25) is 0 Å². The summed E-state index contributed by atoms with van der Waals surface area (Å²) in [6.45, 7) is 0.226. The van der Waals surface area contributed by atoms with Crippen LogP contribution in [0.1, 0.15) is 28.7 Å². The van der Waals surface area contributed by atoms with Crippen molar-refractivity contribution in [2.75, 3.05) is 0 Å². The van der Waals surface area contributed by atoms with Crippen LogP contribution in [0.25, 0.3) is 0 Å². The number of aliphatic hydroxyl groups is 1. The smallest absolute Gasteiger partial charge is 0.407 e. The number of rotatable bonds is 5. The lowest BCUT2D eigenvalue weighted by Gasteiger charge is -2.39. The largest absolute Gasteiger partial charge is 0.445 e. The second-order valence-corrected chi connectivity index (χ2v) is 7.66. The molecule has 2 N–H and O–H groups in total. The van der Waals surface area contributed by atoms with Gasteiger partial charge in [-0.15, -0.1) is 0 Å². The molecule has 3 aromatic carbocycles. The van der Waals surface area contributed by atoms with Gasteiger partial charge in [-0.25, -0.2) is 4.79 Å². The van der Waals surface area contributed by atoms with Crippen LogP contribution < -0.4 is 5.32 Å². The maximum absolute atomic E-state index is 12.4. The molecule has 0 radical (unpaired) electrons. The van der Waals surface area contributed by atoms with Crippen molar-refractivity contribution < 1.29 is 14.6 Å². The highest BCUT2D eigenvalue weighted by atomic mass is 16.5. The maximum atomic E-state index is 12.4. The molecular weight excluding hydrogens is 362 g/mol. The number of carbonyl (C=O) groups excluding carboxylic acids is 1. The van der Waals surface area contributed by atoms with E-state index in [2.05, 4.69) is 5.32 Å². The highest BCUT2D eigenvalue weighted by molar-refractivity contribution is 5.67. The van der Waals surface area contributed by atoms with E-state index in [4.69, 9.17) is 4.74 Å². The fourth-order valence-corrected chi connectivity index (χ4v) is 4.14. The number of alkyl carbamates (subject to hydrolysis) is 1. The molecule has 4 heteroatoms. The standard InChI is InChI=1S/C25H25NO3/c27-24(29-18-20-11-5-2-6-12-20)26-22-15-21-13-7-8-14-23(21)25(28,17-22)16-19-9-3-1-4-10-19/h1-14,22,28H,15-18H2,(H,26,27)/t22-,25-/m1/s1. The average Bonchev–Trinajstić information content (AvgIpc) is 2.74. The quantitative estimate of drug-likeness (QED) is 0.684. The van der Waals surface area contributed by atoms with Crippen molar-refractivity contribution >= 4 is 6.09 Å². The normalized spacial score (nSPS) is 20.5. The first-order valence-corrected chi connectivity index (χ1v) is 9.94. The number of hydrogen-bond donors (Lipinski definition) is 2. The Morgan fingerprint density at radius 1 is 0.931 bits per heavy atom. The van der Waals surface area contributed by atoms with Gasteiger partial charge in [0.05, 0.1) is 5.60 Å². The van der Waals surface area contributed by atoms with Gasteiger partial charge < -0.3 is 15.2 Å². The number of fused-ring (bicyclic) bond motifs is 1. The van der Waals surface area contributed by atoms with Gasteiger partial charge in [0.25, 0.3) is 0 Å². The molecule has 0 fully saturated rings. The van der Waals surface area contributed by atoms with Crippen LogP contribution in [-0.4, -0.2) is 17.2 Å². The van der Waals surface area contributed by atoms with Gasteiger partial charge in [-0.05, 0) is 28.7 Å². The molecule has 1 amide bonds. The number of nitrogens with one attached hydrogen (secondary N) is 1. The van der Waals surface area contributed by atoms with Crippen molar-refractivity contribution in [2.45, 2.75) is 37.5 Å². The Kier molecular flexibility index (Phi) is 5.63. The third kappa shape index (κ3) is 4.66. The fraction of sp³-hybridized carbons (Fsp3) is 0.240. The van der Waals surface area contributed by atoms with Crippen LogP contribution in [0, 0.1) is 0 Å². The Labute approximate surface area is 171 Å². The molecule has 2 atom stereocenters. The molecule has 1 aliphatic carbocycles. The minimum Gasteiger partial charge on any atom is -0.445 e. The van der Waals surface area contributed by atoms with E-state index in [0.717, 1.165) is 22.3 Å². The third-order valence-electron chi connectivity index (χ3n) is 5.44. The molecule has 4 nitrogen and oxygen atoms in total. The summed E-state index contributed by atoms with van der Waals surface area (Å²) in [5, 5.41) is 14.5. The topological polar surface area (TPSA) is 58.6 Å². The first-order valence-electron chi connectivity index (χ1n) is 9.94. The Morgan fingerprint density at radius 3 is 2.28 bits per heavy atom. The van der Waals surface area contributed by atoms with Crippen molar-refractivity contribution in [3.8, 4) is 0 Å². The minimum absolute atomic E-state index is 0.193. The predicted octanol–water partition coefficient (Wildman–Crippen LogP) is 4.36. The third-order valence-corrected chi connectivity index (χ3v) is 5.44. The molecule has 0 saturated carbocycles. The Hall–Kier alpha value is -3.11. The van der Waals surface area contributed by atoms with Gasteiger partial charge in [0, 0.05) is 18.9 Å². The molecule has 29 heavy (non-hydrogen) atoms. The number of hydrogen-bond acceptors (Lipinski definition) is 3. The second kappa shape index (κ2) is 8.50. The first-order chi connectivity index (χ1) is 14.1. The van der Waals surface area contributed by atoms with Crippen molar-refractivity contribution in [1.29, 1.82) is 0 Å². The second-order valence-electron chi connectivity index (χ2n) is 7.66. The van der Waals surface area contributed by atoms with Crippen LogP contribution in [0.2, 0.25) is 0 Å². The van der Waals surface area contributed by atoms with Crippen LogP contribution in [0.15, 0.2) is 84.9 Å². The minimum atomic E-state index is -1.03. The number of benzene rings is 3. The molecular formula is C25H25NO3. The van der Waals surface area contributed by atoms with E-state index in [9.17, 15) is 9.90 Å². The zero-order valence-electron chi connectivity index (χ0n) is 16.3. The van der Waals surface area contributed by atoms with E-state index in [-0.39, 0.29) is 12.6 Å². The van der Waals surface area contributed by atoms with Crippen LogP contribution >= 0.6 is 0 Å². The Morgan fingerprint density at radius 2 is 1.55 bits per heavy atom. The summed E-state index contributed by atoms with van der Waals surface area (Å²) in [5.41, 5.74) is 2.98. The maximum Gasteiger partial charge on any atom is 0.407 e. The Bertz CT molecular complexity index is 958. The summed E-state index contributed by atoms with van der Waals surface area (Å²) in [6.07, 6.45) is 1.16. The van der Waals surface area contributed by atoms with Crippen molar-refractivity contribution in [1.82, 2.24) is 5.32 Å². The van der Waals surface area contributed by atoms with Crippen molar-refractivity contribution in [3.63, 3.8) is 0 Å². The summed E-state index contributed by atoms with van der Waals surface area (Å²) in [4.78, 5) is 12.4. The zero-order valence-corrected chi connectivity index (χ0v) is 16.3. The van der Waals surface area contributed by atoms with Crippen LogP contribution in [0.4, 0.5) is 4.79 Å². The molecule has 0 unspecified atom stereocenters. The highest BCUT2D eigenvalue weighted by Crippen LogP contribution is 2.38. The lowest BCUT2D eigenvalue weighted by molar-refractivity contribution is 0.00886. The lowest BCUT2D eigenvalue weighted by Crippen LogP contribution is -2.47. The highest BCUT2D eigenvalue weighted by Gasteiger charge is 2.39. The van der Waals surface area contributed by atoms with Gasteiger partial charge in [-0.1, -0.05) is 84.9 Å². The molecule has 3 aromatic rings. The van der Waals surface area contributed by atoms with Crippen LogP contribution in [0.5, 0.6) is 0 Å². The van der Waals surface area contributed by atoms with Crippen LogP contribution in [0.3, 0.4) is 0 Å². The van der Waals surface area contributed by atoms with E-state index in [1.54, 1.807) is 0 Å². The number of amides is 1. The van der Waals surface area contributed by atoms with E-state index < -0.39 is 11.7 Å². The molecule has 0 heterocycles. The fourth-order valence-electron chi connectivity index (χ4n) is 4.14. The summed E-state index contributed by atoms with van der Waals surface area (Å²) in [5.74, 6) is 0. The number of ether oxygens (including phenoxy) is 1. The summed E-state index contributed by atoms with van der Waals surface area (Å²) < 4.78 is 5.37. The van der Waals surface area contributed by atoms with E-state index >= 15 is 0 Å². The van der Waals surface area contributed by atoms with Gasteiger partial charge in [-0.3, -0.25) is 0 Å². The number of carbonyl (C=O) groups is 1. The van der Waals surface area contributed by atoms with Gasteiger partial charge in [0.1, 0.15) is 6.61 Å². The van der Waals surface area contributed by atoms with E-state index in [0.29, 0.717) is 19.3 Å². The van der Waals surface area contributed by atoms with E-state index in [1.165, 1.54) is 0 Å². The Balaban J connectivity index is 1.47. The predicted molar refractivity (Wildman–Crippen MR) is 112 cm³/mol. The molecule has 0 spiro atoms. The molecule has 0 aromatic heterocycles. The lowest BCUT2D eigenvalue weighted by atomic mass is 9.74. The molecule has 148 valence electrons. The summed E-state index contributed by atoms with van der Waals surface area (Å²) in [7, 11) is 0. The SMILES string of the molecule is O=C(N[C@@H]1Cc2ccccc2[C@@](O)(Cc2ccccc2)C1)OCc1ccccc1. The molecule has 1 aliphatic rings. The van der Waals surface area contributed by atoms with Crippen LogP contribution in [-0.2, 0) is 29.8 Å². The molecule has 0 bridgehead atoms. The average molecular weight is 387 g/mol. The first kappa shape index (κ1) is 19.2. The van der Waals surface area contributed by atoms with E-state index in [1.807, 2.05) is 84.9 Å². The summed E-state index contributed by atoms with van der Waals surface area (Å²) >= 11 is 0. The van der Waals surface area contributed by atoms with Gasteiger partial charge >= 0.3 is 6.09 Å². The molecule has 0 saturated heterocycles. The molecule has 4 rings (SSSR count). The van der Waals surface area contributed by atoms with Gasteiger partial charge in [0.15, 0.2) is 0 Å². The van der Waals surface area contributed by atoms with Crippen molar-refractivity contribution in [2.24, 2.45) is 0 Å².